The van der Waals surface area contributed by atoms with Crippen LogP contribution < -0.4 is 0 Å². The van der Waals surface area contributed by atoms with Gasteiger partial charge in [-0.15, -0.1) is 0 Å². The van der Waals surface area contributed by atoms with Crippen LogP contribution in [0.15, 0.2) is 0 Å². The second-order valence-corrected chi connectivity index (χ2v) is 7.22. The normalized spacial score (nSPS) is 37.0. The Bertz CT molecular complexity index is 437. The zero-order chi connectivity index (χ0) is 16.6. The average molecular weight is 329 g/mol. The number of nitrogens with zero attached hydrogens (tertiary/aromatic N) is 1. The van der Waals surface area contributed by atoms with Crippen LogP contribution in [-0.4, -0.2) is 73.6 Å². The predicted octanol–water partition coefficient (Wildman–Crippen LogP) is 0.905. The zero-order valence-corrected chi connectivity index (χ0v) is 14.3. The van der Waals surface area contributed by atoms with Crippen molar-refractivity contribution in [2.75, 3.05) is 26.4 Å². The predicted molar refractivity (Wildman–Crippen MR) is 80.7 cm³/mol. The van der Waals surface area contributed by atoms with Crippen molar-refractivity contribution in [3.05, 3.63) is 0 Å². The van der Waals surface area contributed by atoms with E-state index in [0.717, 1.165) is 6.42 Å². The molecule has 0 aromatic carbocycles. The number of esters is 1. The third-order valence-electron chi connectivity index (χ3n) is 4.25. The van der Waals surface area contributed by atoms with Gasteiger partial charge in [0, 0.05) is 6.04 Å². The van der Waals surface area contributed by atoms with Crippen LogP contribution >= 0.6 is 0 Å². The summed E-state index contributed by atoms with van der Waals surface area (Å²) in [4.78, 5) is 13.8. The first-order chi connectivity index (χ1) is 10.9. The molecule has 0 saturated carbocycles. The monoisotopic (exact) mass is 329 g/mol. The minimum absolute atomic E-state index is 0.0109. The Morgan fingerprint density at radius 1 is 1.30 bits per heavy atom. The van der Waals surface area contributed by atoms with Gasteiger partial charge in [0.05, 0.1) is 37.6 Å². The fourth-order valence-corrected chi connectivity index (χ4v) is 3.37. The topological polar surface area (TPSA) is 69.8 Å². The number of epoxide rings is 1. The second-order valence-electron chi connectivity index (χ2n) is 7.22. The summed E-state index contributed by atoms with van der Waals surface area (Å²) in [5.41, 5.74) is -0.232. The number of rotatable bonds is 6. The maximum absolute atomic E-state index is 11.5. The summed E-state index contributed by atoms with van der Waals surface area (Å²) in [6.45, 7) is 9.46. The van der Waals surface area contributed by atoms with Gasteiger partial charge in [-0.1, -0.05) is 0 Å². The first-order valence-corrected chi connectivity index (χ1v) is 8.34. The SMILES string of the molecule is CCOC(=O)COC1CC2COCC1N2C1OC1OC(C)(C)C. The molecule has 7 nitrogen and oxygen atoms in total. The summed E-state index contributed by atoms with van der Waals surface area (Å²) in [5.74, 6) is -0.321. The molecule has 3 saturated heterocycles. The van der Waals surface area contributed by atoms with E-state index in [1.165, 1.54) is 0 Å². The largest absolute Gasteiger partial charge is 0.464 e. The number of carbonyl (C=O) groups excluding carboxylic acids is 1. The molecular formula is C16H27NO6. The van der Waals surface area contributed by atoms with E-state index in [0.29, 0.717) is 19.8 Å². The van der Waals surface area contributed by atoms with Gasteiger partial charge in [-0.2, -0.15) is 0 Å². The molecule has 3 rings (SSSR count). The fourth-order valence-electron chi connectivity index (χ4n) is 3.37. The zero-order valence-electron chi connectivity index (χ0n) is 14.3. The van der Waals surface area contributed by atoms with Crippen molar-refractivity contribution in [1.82, 2.24) is 4.90 Å². The third-order valence-corrected chi connectivity index (χ3v) is 4.25. The first-order valence-electron chi connectivity index (χ1n) is 8.34. The molecule has 0 N–H and O–H groups in total. The minimum Gasteiger partial charge on any atom is -0.464 e. The van der Waals surface area contributed by atoms with Crippen LogP contribution in [0.25, 0.3) is 0 Å². The van der Waals surface area contributed by atoms with E-state index in [1.807, 2.05) is 20.8 Å². The van der Waals surface area contributed by atoms with Crippen LogP contribution in [0.1, 0.15) is 34.1 Å². The van der Waals surface area contributed by atoms with E-state index in [1.54, 1.807) is 6.92 Å². The van der Waals surface area contributed by atoms with Gasteiger partial charge < -0.3 is 23.7 Å². The van der Waals surface area contributed by atoms with Crippen molar-refractivity contribution >= 4 is 5.97 Å². The standard InChI is InChI=1S/C16H27NO6/c1-5-20-13(18)9-21-12-6-10-7-19-8-11(12)17(10)14-15(22-14)23-16(2,3)4/h10-12,14-15H,5-9H2,1-4H3. The van der Waals surface area contributed by atoms with Crippen LogP contribution in [0.5, 0.6) is 0 Å². The van der Waals surface area contributed by atoms with Gasteiger partial charge in [0.15, 0.2) is 12.5 Å². The fraction of sp³-hybridized carbons (Fsp3) is 0.938. The number of hydrogen-bond acceptors (Lipinski definition) is 7. The van der Waals surface area contributed by atoms with Crippen molar-refractivity contribution in [3.8, 4) is 0 Å². The van der Waals surface area contributed by atoms with Crippen molar-refractivity contribution < 1.29 is 28.5 Å². The van der Waals surface area contributed by atoms with Gasteiger partial charge in [-0.3, -0.25) is 4.90 Å². The van der Waals surface area contributed by atoms with Crippen LogP contribution in [0.4, 0.5) is 0 Å². The lowest BCUT2D eigenvalue weighted by atomic mass is 10.1. The first kappa shape index (κ1) is 17.1. The molecule has 5 unspecified atom stereocenters. The van der Waals surface area contributed by atoms with Crippen molar-refractivity contribution in [1.29, 1.82) is 0 Å². The van der Waals surface area contributed by atoms with Gasteiger partial charge >= 0.3 is 5.97 Å². The molecule has 2 bridgehead atoms. The van der Waals surface area contributed by atoms with Crippen LogP contribution in [0, 0.1) is 0 Å². The second kappa shape index (κ2) is 6.64. The molecule has 7 heteroatoms. The van der Waals surface area contributed by atoms with Gasteiger partial charge in [0.2, 0.25) is 0 Å². The summed E-state index contributed by atoms with van der Waals surface area (Å²) in [6.07, 6.45) is 0.573. The Hall–Kier alpha value is -0.730. The lowest BCUT2D eigenvalue weighted by Gasteiger charge is -2.34. The lowest BCUT2D eigenvalue weighted by molar-refractivity contribution is -0.151. The van der Waals surface area contributed by atoms with E-state index < -0.39 is 0 Å². The van der Waals surface area contributed by atoms with E-state index in [4.69, 9.17) is 23.7 Å². The molecule has 3 aliphatic rings. The molecule has 0 radical (unpaired) electrons. The maximum Gasteiger partial charge on any atom is 0.332 e. The van der Waals surface area contributed by atoms with Gasteiger partial charge in [-0.25, -0.2) is 4.79 Å². The molecule has 0 aromatic heterocycles. The number of ether oxygens (including phenoxy) is 5. The van der Waals surface area contributed by atoms with Crippen molar-refractivity contribution in [2.24, 2.45) is 0 Å². The Balaban J connectivity index is 1.55. The van der Waals surface area contributed by atoms with E-state index in [2.05, 4.69) is 4.90 Å². The van der Waals surface area contributed by atoms with Gasteiger partial charge in [0.25, 0.3) is 0 Å². The highest BCUT2D eigenvalue weighted by molar-refractivity contribution is 5.70. The Morgan fingerprint density at radius 2 is 2.09 bits per heavy atom. The molecule has 132 valence electrons. The minimum atomic E-state index is -0.321. The molecular weight excluding hydrogens is 302 g/mol. The quantitative estimate of drug-likeness (QED) is 0.530. The lowest BCUT2D eigenvalue weighted by Crippen LogP contribution is -2.50. The summed E-state index contributed by atoms with van der Waals surface area (Å²) in [7, 11) is 0. The van der Waals surface area contributed by atoms with Crippen molar-refractivity contribution in [3.63, 3.8) is 0 Å². The molecule has 23 heavy (non-hydrogen) atoms. The molecule has 0 amide bonds. The summed E-state index contributed by atoms with van der Waals surface area (Å²) < 4.78 is 28.0. The average Bonchev–Trinajstić information content (AvgIpc) is 3.16. The van der Waals surface area contributed by atoms with Crippen LogP contribution in [0.3, 0.4) is 0 Å². The number of carbonyl (C=O) groups is 1. The number of fused-ring (bicyclic) bond motifs is 2. The maximum atomic E-state index is 11.5. The highest BCUT2D eigenvalue weighted by Gasteiger charge is 2.57. The van der Waals surface area contributed by atoms with Gasteiger partial charge in [0.1, 0.15) is 6.61 Å². The molecule has 0 spiro atoms. The van der Waals surface area contributed by atoms with E-state index >= 15 is 0 Å². The van der Waals surface area contributed by atoms with Gasteiger partial charge in [-0.05, 0) is 34.1 Å². The number of hydrogen-bond donors (Lipinski definition) is 0. The molecule has 3 aliphatic heterocycles. The van der Waals surface area contributed by atoms with Crippen molar-refractivity contribution in [2.45, 2.75) is 70.4 Å². The Kier molecular flexibility index (Phi) is 4.94. The molecule has 5 atom stereocenters. The summed E-state index contributed by atoms with van der Waals surface area (Å²) in [5, 5.41) is 0. The third kappa shape index (κ3) is 4.03. The van der Waals surface area contributed by atoms with Crippen LogP contribution in [-0.2, 0) is 28.5 Å². The number of morpholine rings is 1. The Labute approximate surface area is 137 Å². The molecule has 3 fully saturated rings. The highest BCUT2D eigenvalue weighted by atomic mass is 16.8. The van der Waals surface area contributed by atoms with Crippen LogP contribution in [0.2, 0.25) is 0 Å². The smallest absolute Gasteiger partial charge is 0.332 e. The summed E-state index contributed by atoms with van der Waals surface area (Å²) in [6, 6.07) is 0.348. The molecule has 3 heterocycles. The molecule has 0 aromatic rings. The Morgan fingerprint density at radius 3 is 2.78 bits per heavy atom. The summed E-state index contributed by atoms with van der Waals surface area (Å²) >= 11 is 0. The van der Waals surface area contributed by atoms with E-state index in [9.17, 15) is 4.79 Å². The van der Waals surface area contributed by atoms with E-state index in [-0.39, 0.29) is 48.9 Å². The highest BCUT2D eigenvalue weighted by Crippen LogP contribution is 2.41. The molecule has 0 aliphatic carbocycles.